The maximum Gasteiger partial charge on any atom is 0.151 e. The van der Waals surface area contributed by atoms with E-state index in [0.29, 0.717) is 5.92 Å². The van der Waals surface area contributed by atoms with Crippen LogP contribution in [0.2, 0.25) is 0 Å². The quantitative estimate of drug-likeness (QED) is 0.910. The number of hydrogen-bond donors (Lipinski definition) is 1. The molecular weight excluding hydrogens is 282 g/mol. The molecule has 1 aliphatic carbocycles. The van der Waals surface area contributed by atoms with Gasteiger partial charge < -0.3 is 10.2 Å². The van der Waals surface area contributed by atoms with Crippen molar-refractivity contribution in [3.05, 3.63) is 33.9 Å². The van der Waals surface area contributed by atoms with E-state index in [1.165, 1.54) is 24.1 Å². The van der Waals surface area contributed by atoms with Crippen LogP contribution >= 0.6 is 11.3 Å². The van der Waals surface area contributed by atoms with Crippen molar-refractivity contribution in [1.29, 1.82) is 0 Å². The summed E-state index contributed by atoms with van der Waals surface area (Å²) in [6.07, 6.45) is 3.51. The molecule has 0 radical (unpaired) electrons. The highest BCUT2D eigenvalue weighted by molar-refractivity contribution is 7.07. The Hall–Kier alpha value is -1.53. The van der Waals surface area contributed by atoms with Crippen LogP contribution in [0.15, 0.2) is 17.0 Å². The minimum atomic E-state index is 0.707. The van der Waals surface area contributed by atoms with Crippen LogP contribution in [0.4, 0.5) is 5.82 Å². The van der Waals surface area contributed by atoms with E-state index in [-0.39, 0.29) is 0 Å². The molecule has 0 amide bonds. The predicted octanol–water partition coefficient (Wildman–Crippen LogP) is 1.65. The van der Waals surface area contributed by atoms with Crippen molar-refractivity contribution in [2.45, 2.75) is 25.8 Å². The molecule has 5 nitrogen and oxygen atoms in total. The van der Waals surface area contributed by atoms with Crippen LogP contribution in [-0.2, 0) is 19.4 Å². The molecule has 2 aliphatic rings. The van der Waals surface area contributed by atoms with E-state index in [1.54, 1.807) is 11.3 Å². The van der Waals surface area contributed by atoms with Gasteiger partial charge >= 0.3 is 0 Å². The van der Waals surface area contributed by atoms with Crippen LogP contribution in [0, 0.1) is 5.92 Å². The minimum absolute atomic E-state index is 0.707. The zero-order chi connectivity index (χ0) is 14.1. The Labute approximate surface area is 128 Å². The average Bonchev–Trinajstić information content (AvgIpc) is 3.11. The molecule has 2 aromatic heterocycles. The molecule has 1 fully saturated rings. The van der Waals surface area contributed by atoms with Crippen molar-refractivity contribution < 1.29 is 0 Å². The van der Waals surface area contributed by atoms with Crippen molar-refractivity contribution in [1.82, 2.24) is 20.5 Å². The predicted molar refractivity (Wildman–Crippen MR) is 83.6 cm³/mol. The highest BCUT2D eigenvalue weighted by Gasteiger charge is 2.28. The van der Waals surface area contributed by atoms with Gasteiger partial charge in [-0.1, -0.05) is 0 Å². The summed E-state index contributed by atoms with van der Waals surface area (Å²) in [4.78, 5) is 6.61. The second-order valence-electron chi connectivity index (χ2n) is 5.91. The second kappa shape index (κ2) is 5.69. The van der Waals surface area contributed by atoms with Crippen LogP contribution in [0.3, 0.4) is 0 Å². The van der Waals surface area contributed by atoms with E-state index < -0.39 is 0 Å². The van der Waals surface area contributed by atoms with Crippen LogP contribution in [0.1, 0.15) is 23.4 Å². The standard InChI is InChI=1S/C15H19N5S/c1-2-12-4-15(19-18-14(12)3-1)20-7-11(8-20)5-16-6-13-9-21-10-17-13/h4,9-11,16H,1-3,5-8H2. The average molecular weight is 301 g/mol. The number of aryl methyl sites for hydroxylation is 2. The molecule has 0 unspecified atom stereocenters. The Morgan fingerprint density at radius 3 is 3.10 bits per heavy atom. The molecule has 1 aliphatic heterocycles. The van der Waals surface area contributed by atoms with Gasteiger partial charge in [-0.15, -0.1) is 16.4 Å². The third-order valence-electron chi connectivity index (χ3n) is 4.31. The fourth-order valence-electron chi connectivity index (χ4n) is 3.09. The maximum atomic E-state index is 4.37. The van der Waals surface area contributed by atoms with Gasteiger partial charge in [0.15, 0.2) is 5.82 Å². The highest BCUT2D eigenvalue weighted by Crippen LogP contribution is 2.26. The molecular formula is C15H19N5S. The van der Waals surface area contributed by atoms with Gasteiger partial charge in [0.2, 0.25) is 0 Å². The molecule has 3 heterocycles. The zero-order valence-electron chi connectivity index (χ0n) is 12.0. The van der Waals surface area contributed by atoms with Gasteiger partial charge in [-0.05, 0) is 30.9 Å². The Kier molecular flexibility index (Phi) is 3.57. The van der Waals surface area contributed by atoms with E-state index in [4.69, 9.17) is 0 Å². The largest absolute Gasteiger partial charge is 0.354 e. The second-order valence-corrected chi connectivity index (χ2v) is 6.63. The lowest BCUT2D eigenvalue weighted by molar-refractivity contribution is 0.380. The zero-order valence-corrected chi connectivity index (χ0v) is 12.8. The molecule has 0 aromatic carbocycles. The molecule has 0 spiro atoms. The summed E-state index contributed by atoms with van der Waals surface area (Å²) < 4.78 is 0. The first-order valence-electron chi connectivity index (χ1n) is 7.57. The number of thiazole rings is 1. The topological polar surface area (TPSA) is 53.9 Å². The van der Waals surface area contributed by atoms with Gasteiger partial charge in [0.05, 0.1) is 16.9 Å². The van der Waals surface area contributed by atoms with Crippen molar-refractivity contribution in [2.75, 3.05) is 24.5 Å². The van der Waals surface area contributed by atoms with Gasteiger partial charge in [0.25, 0.3) is 0 Å². The SMILES string of the molecule is c1nc(CNCC2CN(c3cc4c(nn3)CCC4)C2)cs1. The van der Waals surface area contributed by atoms with E-state index in [1.807, 2.05) is 5.51 Å². The number of hydrogen-bond acceptors (Lipinski definition) is 6. The summed E-state index contributed by atoms with van der Waals surface area (Å²) >= 11 is 1.65. The van der Waals surface area contributed by atoms with Gasteiger partial charge in [-0.3, -0.25) is 0 Å². The molecule has 2 aromatic rings. The molecule has 0 saturated carbocycles. The van der Waals surface area contributed by atoms with Crippen LogP contribution in [0.25, 0.3) is 0 Å². The molecule has 0 atom stereocenters. The summed E-state index contributed by atoms with van der Waals surface area (Å²) in [5, 5.41) is 14.3. The van der Waals surface area contributed by atoms with Gasteiger partial charge in [-0.2, -0.15) is 5.10 Å². The Morgan fingerprint density at radius 1 is 1.29 bits per heavy atom. The third kappa shape index (κ3) is 2.78. The highest BCUT2D eigenvalue weighted by atomic mass is 32.1. The van der Waals surface area contributed by atoms with Gasteiger partial charge in [0.1, 0.15) is 0 Å². The normalized spacial score (nSPS) is 17.8. The maximum absolute atomic E-state index is 4.37. The van der Waals surface area contributed by atoms with E-state index in [2.05, 4.69) is 36.8 Å². The molecule has 6 heteroatoms. The summed E-state index contributed by atoms with van der Waals surface area (Å²) in [5.41, 5.74) is 5.64. The number of fused-ring (bicyclic) bond motifs is 1. The first-order chi connectivity index (χ1) is 10.4. The number of anilines is 1. The summed E-state index contributed by atoms with van der Waals surface area (Å²) in [7, 11) is 0. The molecule has 21 heavy (non-hydrogen) atoms. The summed E-state index contributed by atoms with van der Waals surface area (Å²) in [6.45, 7) is 4.08. The summed E-state index contributed by atoms with van der Waals surface area (Å²) in [6, 6.07) is 2.24. The van der Waals surface area contributed by atoms with Gasteiger partial charge in [0, 0.05) is 37.5 Å². The van der Waals surface area contributed by atoms with Crippen LogP contribution in [0.5, 0.6) is 0 Å². The van der Waals surface area contributed by atoms with E-state index in [0.717, 1.165) is 44.1 Å². The van der Waals surface area contributed by atoms with E-state index >= 15 is 0 Å². The fourth-order valence-corrected chi connectivity index (χ4v) is 3.65. The Balaban J connectivity index is 1.25. The first-order valence-corrected chi connectivity index (χ1v) is 8.51. The van der Waals surface area contributed by atoms with Gasteiger partial charge in [-0.25, -0.2) is 4.98 Å². The van der Waals surface area contributed by atoms with Crippen molar-refractivity contribution >= 4 is 17.2 Å². The molecule has 1 saturated heterocycles. The molecule has 4 rings (SSSR count). The lowest BCUT2D eigenvalue weighted by Crippen LogP contribution is -2.51. The third-order valence-corrected chi connectivity index (χ3v) is 4.95. The van der Waals surface area contributed by atoms with Crippen molar-refractivity contribution in [3.63, 3.8) is 0 Å². The molecule has 0 bridgehead atoms. The number of rotatable bonds is 5. The Bertz CT molecular complexity index is 607. The Morgan fingerprint density at radius 2 is 2.24 bits per heavy atom. The molecule has 110 valence electrons. The monoisotopic (exact) mass is 301 g/mol. The van der Waals surface area contributed by atoms with E-state index in [9.17, 15) is 0 Å². The van der Waals surface area contributed by atoms with Crippen molar-refractivity contribution in [2.24, 2.45) is 5.92 Å². The smallest absolute Gasteiger partial charge is 0.151 e. The lowest BCUT2D eigenvalue weighted by atomic mass is 10.00. The first kappa shape index (κ1) is 13.2. The van der Waals surface area contributed by atoms with Crippen molar-refractivity contribution in [3.8, 4) is 0 Å². The lowest BCUT2D eigenvalue weighted by Gasteiger charge is -2.40. The number of nitrogens with one attached hydrogen (secondary N) is 1. The fraction of sp³-hybridized carbons (Fsp3) is 0.533. The minimum Gasteiger partial charge on any atom is -0.354 e. The number of aromatic nitrogens is 3. The van der Waals surface area contributed by atoms with Crippen LogP contribution < -0.4 is 10.2 Å². The van der Waals surface area contributed by atoms with Crippen LogP contribution in [-0.4, -0.2) is 34.8 Å². The molecule has 1 N–H and O–H groups in total. The number of nitrogens with zero attached hydrogens (tertiary/aromatic N) is 4. The summed E-state index contributed by atoms with van der Waals surface area (Å²) in [5.74, 6) is 1.77.